The lowest BCUT2D eigenvalue weighted by atomic mass is 10.1. The minimum absolute atomic E-state index is 0.694. The molecular weight excluding hydrogens is 350 g/mol. The summed E-state index contributed by atoms with van der Waals surface area (Å²) in [4.78, 5) is 4.34. The van der Waals surface area contributed by atoms with Crippen molar-refractivity contribution in [3.8, 4) is 0 Å². The molecule has 0 saturated heterocycles. The Bertz CT molecular complexity index is 693. The number of benzene rings is 2. The molecule has 1 N–H and O–H groups in total. The van der Waals surface area contributed by atoms with Gasteiger partial charge in [-0.05, 0) is 62.9 Å². The molecule has 0 saturated carbocycles. The molecule has 0 aromatic heterocycles. The smallest absolute Gasteiger partial charge is 0.173 e. The van der Waals surface area contributed by atoms with Gasteiger partial charge in [-0.15, -0.1) is 0 Å². The number of halogens is 1. The van der Waals surface area contributed by atoms with Gasteiger partial charge in [-0.25, -0.2) is 0 Å². The third-order valence-electron chi connectivity index (χ3n) is 3.98. The lowest BCUT2D eigenvalue weighted by Gasteiger charge is -2.28. The number of thiocarbonyl (C=S) groups is 1. The summed E-state index contributed by atoms with van der Waals surface area (Å²) in [5.74, 6) is 0. The Labute approximate surface area is 161 Å². The van der Waals surface area contributed by atoms with Crippen LogP contribution < -0.4 is 5.32 Å². The zero-order valence-corrected chi connectivity index (χ0v) is 16.9. The van der Waals surface area contributed by atoms with Gasteiger partial charge in [0, 0.05) is 19.6 Å². The van der Waals surface area contributed by atoms with E-state index in [1.165, 1.54) is 5.56 Å². The molecule has 0 aliphatic rings. The molecular formula is C20H26ClN3S. The van der Waals surface area contributed by atoms with Crippen LogP contribution in [0.3, 0.4) is 0 Å². The first-order valence-electron chi connectivity index (χ1n) is 8.38. The fourth-order valence-corrected chi connectivity index (χ4v) is 3.26. The van der Waals surface area contributed by atoms with Gasteiger partial charge in [0.25, 0.3) is 0 Å². The third-order valence-corrected chi connectivity index (χ3v) is 4.64. The van der Waals surface area contributed by atoms with Gasteiger partial charge in [-0.2, -0.15) is 0 Å². The second-order valence-electron chi connectivity index (χ2n) is 6.58. The maximum absolute atomic E-state index is 6.42. The normalized spacial score (nSPS) is 10.8. The zero-order chi connectivity index (χ0) is 18.4. The van der Waals surface area contributed by atoms with Gasteiger partial charge in [0.15, 0.2) is 5.11 Å². The van der Waals surface area contributed by atoms with Crippen LogP contribution in [0.2, 0.25) is 5.02 Å². The number of hydrogen-bond donors (Lipinski definition) is 1. The summed E-state index contributed by atoms with van der Waals surface area (Å²) in [5, 5.41) is 4.75. The highest BCUT2D eigenvalue weighted by Gasteiger charge is 2.14. The van der Waals surface area contributed by atoms with Crippen LogP contribution in [-0.4, -0.2) is 42.1 Å². The van der Waals surface area contributed by atoms with Gasteiger partial charge < -0.3 is 15.1 Å². The number of hydrogen-bond acceptors (Lipinski definition) is 2. The molecule has 25 heavy (non-hydrogen) atoms. The number of aryl methyl sites for hydroxylation is 2. The average molecular weight is 376 g/mol. The van der Waals surface area contributed by atoms with Crippen molar-refractivity contribution in [2.75, 3.05) is 32.5 Å². The predicted molar refractivity (Wildman–Crippen MR) is 113 cm³/mol. The topological polar surface area (TPSA) is 18.5 Å². The molecule has 3 nitrogen and oxygen atoms in total. The van der Waals surface area contributed by atoms with E-state index in [0.29, 0.717) is 10.1 Å². The summed E-state index contributed by atoms with van der Waals surface area (Å²) >= 11 is 12.1. The standard InChI is InChI=1S/C20H26ClN3S/c1-15-12-16(2)19(18(21)13-15)22-20(25)24(11-10-23(3)4)14-17-8-6-5-7-9-17/h5-9,12-13H,10-11,14H2,1-4H3,(H,22,25). The van der Waals surface area contributed by atoms with Gasteiger partial charge >= 0.3 is 0 Å². The molecule has 0 bridgehead atoms. The van der Waals surface area contributed by atoms with Crippen LogP contribution in [0.1, 0.15) is 16.7 Å². The van der Waals surface area contributed by atoms with Crippen molar-refractivity contribution in [1.82, 2.24) is 9.80 Å². The molecule has 0 heterocycles. The van der Waals surface area contributed by atoms with E-state index in [9.17, 15) is 0 Å². The molecule has 0 fully saturated rings. The first-order chi connectivity index (χ1) is 11.9. The van der Waals surface area contributed by atoms with Crippen LogP contribution >= 0.6 is 23.8 Å². The van der Waals surface area contributed by atoms with Crippen molar-refractivity contribution in [3.05, 3.63) is 64.2 Å². The first kappa shape index (κ1) is 19.7. The number of anilines is 1. The number of rotatable bonds is 6. The Kier molecular flexibility index (Phi) is 7.24. The van der Waals surface area contributed by atoms with E-state index in [4.69, 9.17) is 23.8 Å². The first-order valence-corrected chi connectivity index (χ1v) is 9.16. The number of nitrogens with zero attached hydrogens (tertiary/aromatic N) is 2. The quantitative estimate of drug-likeness (QED) is 0.736. The van der Waals surface area contributed by atoms with E-state index in [-0.39, 0.29) is 0 Å². The predicted octanol–water partition coefficient (Wildman–Crippen LogP) is 4.72. The molecule has 0 unspecified atom stereocenters. The molecule has 134 valence electrons. The van der Waals surface area contributed by atoms with E-state index < -0.39 is 0 Å². The molecule has 2 aromatic rings. The monoisotopic (exact) mass is 375 g/mol. The summed E-state index contributed by atoms with van der Waals surface area (Å²) in [6, 6.07) is 14.4. The summed E-state index contributed by atoms with van der Waals surface area (Å²) in [5.41, 5.74) is 4.37. The Morgan fingerprint density at radius 3 is 2.36 bits per heavy atom. The van der Waals surface area contributed by atoms with Crippen LogP contribution in [-0.2, 0) is 6.54 Å². The maximum atomic E-state index is 6.42. The lowest BCUT2D eigenvalue weighted by molar-refractivity contribution is 0.328. The van der Waals surface area contributed by atoms with Crippen LogP contribution in [0.25, 0.3) is 0 Å². The Morgan fingerprint density at radius 1 is 1.08 bits per heavy atom. The van der Waals surface area contributed by atoms with E-state index in [1.807, 2.05) is 26.0 Å². The van der Waals surface area contributed by atoms with Gasteiger partial charge in [0.2, 0.25) is 0 Å². The second kappa shape index (κ2) is 9.18. The van der Waals surface area contributed by atoms with Crippen molar-refractivity contribution >= 4 is 34.6 Å². The van der Waals surface area contributed by atoms with E-state index in [2.05, 4.69) is 59.5 Å². The van der Waals surface area contributed by atoms with Crippen LogP contribution in [0.15, 0.2) is 42.5 Å². The molecule has 0 atom stereocenters. The van der Waals surface area contributed by atoms with Crippen molar-refractivity contribution in [3.63, 3.8) is 0 Å². The highest BCUT2D eigenvalue weighted by molar-refractivity contribution is 7.80. The molecule has 2 rings (SSSR count). The number of nitrogens with one attached hydrogen (secondary N) is 1. The molecule has 0 radical (unpaired) electrons. The average Bonchev–Trinajstić information content (AvgIpc) is 2.55. The van der Waals surface area contributed by atoms with Crippen LogP contribution in [0, 0.1) is 13.8 Å². The summed E-state index contributed by atoms with van der Waals surface area (Å²) in [6.45, 7) is 6.62. The summed E-state index contributed by atoms with van der Waals surface area (Å²) in [6.07, 6.45) is 0. The summed E-state index contributed by atoms with van der Waals surface area (Å²) < 4.78 is 0. The highest BCUT2D eigenvalue weighted by atomic mass is 35.5. The molecule has 5 heteroatoms. The van der Waals surface area contributed by atoms with Crippen molar-refractivity contribution in [2.45, 2.75) is 20.4 Å². The van der Waals surface area contributed by atoms with Crippen molar-refractivity contribution in [1.29, 1.82) is 0 Å². The number of likely N-dealkylation sites (N-methyl/N-ethyl adjacent to an activating group) is 1. The van der Waals surface area contributed by atoms with E-state index >= 15 is 0 Å². The third kappa shape index (κ3) is 5.99. The van der Waals surface area contributed by atoms with Gasteiger partial charge in [0.05, 0.1) is 10.7 Å². The lowest BCUT2D eigenvalue weighted by Crippen LogP contribution is -2.39. The molecule has 0 spiro atoms. The SMILES string of the molecule is Cc1cc(C)c(NC(=S)N(CCN(C)C)Cc2ccccc2)c(Cl)c1. The minimum atomic E-state index is 0.694. The highest BCUT2D eigenvalue weighted by Crippen LogP contribution is 2.27. The largest absolute Gasteiger partial charge is 0.343 e. The van der Waals surface area contributed by atoms with Crippen LogP contribution in [0.5, 0.6) is 0 Å². The minimum Gasteiger partial charge on any atom is -0.343 e. The van der Waals surface area contributed by atoms with Gasteiger partial charge in [0.1, 0.15) is 0 Å². The van der Waals surface area contributed by atoms with Gasteiger partial charge in [-0.1, -0.05) is 48.0 Å². The second-order valence-corrected chi connectivity index (χ2v) is 7.37. The molecule has 2 aromatic carbocycles. The van der Waals surface area contributed by atoms with Crippen molar-refractivity contribution < 1.29 is 0 Å². The van der Waals surface area contributed by atoms with Crippen LogP contribution in [0.4, 0.5) is 5.69 Å². The molecule has 0 aliphatic heterocycles. The van der Waals surface area contributed by atoms with Gasteiger partial charge in [-0.3, -0.25) is 0 Å². The fraction of sp³-hybridized carbons (Fsp3) is 0.350. The van der Waals surface area contributed by atoms with E-state index in [0.717, 1.165) is 36.4 Å². The maximum Gasteiger partial charge on any atom is 0.173 e. The Morgan fingerprint density at radius 2 is 1.76 bits per heavy atom. The fourth-order valence-electron chi connectivity index (χ4n) is 2.64. The molecule has 0 aliphatic carbocycles. The van der Waals surface area contributed by atoms with Crippen molar-refractivity contribution in [2.24, 2.45) is 0 Å². The zero-order valence-electron chi connectivity index (χ0n) is 15.3. The summed E-state index contributed by atoms with van der Waals surface area (Å²) in [7, 11) is 4.14. The Hall–Kier alpha value is -1.62. The van der Waals surface area contributed by atoms with E-state index in [1.54, 1.807) is 0 Å². The molecule has 0 amide bonds. The Balaban J connectivity index is 2.17.